The van der Waals surface area contributed by atoms with E-state index in [-0.39, 0.29) is 12.0 Å². The fourth-order valence-corrected chi connectivity index (χ4v) is 2.07. The van der Waals surface area contributed by atoms with Crippen molar-refractivity contribution in [1.29, 1.82) is 0 Å². The third-order valence-electron chi connectivity index (χ3n) is 2.75. The Balaban J connectivity index is 1.95. The van der Waals surface area contributed by atoms with Gasteiger partial charge in [-0.25, -0.2) is 9.78 Å². The van der Waals surface area contributed by atoms with Crippen LogP contribution in [0.4, 0.5) is 4.79 Å². The first-order valence-corrected chi connectivity index (χ1v) is 5.07. The van der Waals surface area contributed by atoms with Crippen molar-refractivity contribution < 1.29 is 14.3 Å². The van der Waals surface area contributed by atoms with Gasteiger partial charge in [-0.3, -0.25) is 0 Å². The second-order valence-corrected chi connectivity index (χ2v) is 3.97. The fraction of sp³-hybridized carbons (Fsp3) is 0.600. The first-order valence-electron chi connectivity index (χ1n) is 5.07. The average molecular weight is 210 g/mol. The van der Waals surface area contributed by atoms with Crippen molar-refractivity contribution in [1.82, 2.24) is 10.3 Å². The van der Waals surface area contributed by atoms with Gasteiger partial charge in [0.15, 0.2) is 5.89 Å². The molecular weight excluding hydrogens is 196 g/mol. The third kappa shape index (κ3) is 2.29. The molecule has 1 amide bonds. The van der Waals surface area contributed by atoms with Crippen molar-refractivity contribution >= 4 is 6.09 Å². The van der Waals surface area contributed by atoms with E-state index in [0.29, 0.717) is 0 Å². The zero-order valence-electron chi connectivity index (χ0n) is 8.56. The Bertz CT molecular complexity index is 361. The number of oxazole rings is 1. The van der Waals surface area contributed by atoms with Crippen LogP contribution in [0.1, 0.15) is 36.8 Å². The van der Waals surface area contributed by atoms with Crippen LogP contribution in [0.25, 0.3) is 0 Å². The largest absolute Gasteiger partial charge is 0.465 e. The zero-order chi connectivity index (χ0) is 10.8. The summed E-state index contributed by atoms with van der Waals surface area (Å²) in [5.74, 6) is 1.80. The zero-order valence-corrected chi connectivity index (χ0v) is 8.56. The van der Waals surface area contributed by atoms with Gasteiger partial charge in [0.1, 0.15) is 5.76 Å². The summed E-state index contributed by atoms with van der Waals surface area (Å²) in [5, 5.41) is 11.1. The van der Waals surface area contributed by atoms with E-state index in [1.54, 1.807) is 6.20 Å². The van der Waals surface area contributed by atoms with Crippen LogP contribution in [0, 0.1) is 6.92 Å². The molecule has 0 aromatic carbocycles. The van der Waals surface area contributed by atoms with Gasteiger partial charge in [-0.1, -0.05) is 0 Å². The minimum Gasteiger partial charge on any atom is -0.465 e. The lowest BCUT2D eigenvalue weighted by Crippen LogP contribution is -2.31. The summed E-state index contributed by atoms with van der Waals surface area (Å²) in [6, 6.07) is 0.0414. The van der Waals surface area contributed by atoms with Crippen LogP contribution < -0.4 is 5.32 Å². The average Bonchev–Trinajstić information content (AvgIpc) is 2.72. The number of hydrogen-bond donors (Lipinski definition) is 2. The van der Waals surface area contributed by atoms with Crippen LogP contribution in [-0.2, 0) is 0 Å². The maximum Gasteiger partial charge on any atom is 0.404 e. The van der Waals surface area contributed by atoms with Gasteiger partial charge in [0.05, 0.1) is 6.20 Å². The molecule has 1 aliphatic rings. The summed E-state index contributed by atoms with van der Waals surface area (Å²) in [6.45, 7) is 1.86. The number of aryl methyl sites for hydroxylation is 1. The lowest BCUT2D eigenvalue weighted by atomic mass is 10.1. The molecule has 15 heavy (non-hydrogen) atoms. The van der Waals surface area contributed by atoms with E-state index in [4.69, 9.17) is 9.52 Å². The molecule has 1 aromatic rings. The molecule has 2 N–H and O–H groups in total. The third-order valence-corrected chi connectivity index (χ3v) is 2.75. The van der Waals surface area contributed by atoms with Crippen molar-refractivity contribution in [3.05, 3.63) is 17.8 Å². The number of hydrogen-bond acceptors (Lipinski definition) is 3. The van der Waals surface area contributed by atoms with Gasteiger partial charge in [-0.15, -0.1) is 0 Å². The summed E-state index contributed by atoms with van der Waals surface area (Å²) in [4.78, 5) is 14.6. The summed E-state index contributed by atoms with van der Waals surface area (Å²) in [5.41, 5.74) is 0. The quantitative estimate of drug-likeness (QED) is 0.781. The maximum atomic E-state index is 10.5. The molecule has 0 aliphatic heterocycles. The fourth-order valence-electron chi connectivity index (χ4n) is 2.07. The monoisotopic (exact) mass is 210 g/mol. The highest BCUT2D eigenvalue weighted by atomic mass is 16.4. The number of nitrogens with one attached hydrogen (secondary N) is 1. The molecular formula is C10H14N2O3. The molecule has 1 aliphatic carbocycles. The number of rotatable bonds is 2. The Hall–Kier alpha value is -1.52. The normalized spacial score (nSPS) is 25.4. The van der Waals surface area contributed by atoms with Gasteiger partial charge < -0.3 is 14.8 Å². The molecule has 1 heterocycles. The smallest absolute Gasteiger partial charge is 0.404 e. The lowest BCUT2D eigenvalue weighted by molar-refractivity contribution is 0.190. The van der Waals surface area contributed by atoms with E-state index >= 15 is 0 Å². The van der Waals surface area contributed by atoms with Crippen molar-refractivity contribution in [2.45, 2.75) is 38.1 Å². The highest BCUT2D eigenvalue weighted by Crippen LogP contribution is 2.33. The Kier molecular flexibility index (Phi) is 2.62. The Labute approximate surface area is 87.5 Å². The summed E-state index contributed by atoms with van der Waals surface area (Å²) in [6.07, 6.45) is 3.33. The molecule has 0 spiro atoms. The molecule has 1 fully saturated rings. The SMILES string of the molecule is Cc1cnc([C@H]2CC[C@@H](NC(=O)O)C2)o1. The highest BCUT2D eigenvalue weighted by molar-refractivity contribution is 5.64. The van der Waals surface area contributed by atoms with Crippen LogP contribution in [0.2, 0.25) is 0 Å². The molecule has 1 aromatic heterocycles. The van der Waals surface area contributed by atoms with E-state index in [2.05, 4.69) is 10.3 Å². The van der Waals surface area contributed by atoms with Crippen LogP contribution in [0.3, 0.4) is 0 Å². The number of aromatic nitrogens is 1. The number of amides is 1. The van der Waals surface area contributed by atoms with Crippen LogP contribution in [0.15, 0.2) is 10.6 Å². The molecule has 2 atom stereocenters. The van der Waals surface area contributed by atoms with Crippen molar-refractivity contribution in [3.8, 4) is 0 Å². The van der Waals surface area contributed by atoms with E-state index in [9.17, 15) is 4.79 Å². The standard InChI is InChI=1S/C10H14N2O3/c1-6-5-11-9(15-6)7-2-3-8(4-7)12-10(13)14/h5,7-8,12H,2-4H2,1H3,(H,13,14)/t7-,8+/m0/s1. The predicted molar refractivity (Wildman–Crippen MR) is 52.8 cm³/mol. The van der Waals surface area contributed by atoms with E-state index in [1.807, 2.05) is 6.92 Å². The molecule has 0 unspecified atom stereocenters. The molecule has 0 bridgehead atoms. The second kappa shape index (κ2) is 3.92. The van der Waals surface area contributed by atoms with Gasteiger partial charge in [-0.2, -0.15) is 0 Å². The lowest BCUT2D eigenvalue weighted by Gasteiger charge is -2.08. The molecule has 5 heteroatoms. The summed E-state index contributed by atoms with van der Waals surface area (Å²) >= 11 is 0. The minimum absolute atomic E-state index is 0.0414. The number of carbonyl (C=O) groups is 1. The molecule has 82 valence electrons. The van der Waals surface area contributed by atoms with Crippen molar-refractivity contribution in [2.24, 2.45) is 0 Å². The first kappa shape index (κ1) is 10.0. The molecule has 1 saturated carbocycles. The van der Waals surface area contributed by atoms with E-state index in [0.717, 1.165) is 30.9 Å². The van der Waals surface area contributed by atoms with E-state index in [1.165, 1.54) is 0 Å². The van der Waals surface area contributed by atoms with Crippen molar-refractivity contribution in [2.75, 3.05) is 0 Å². The van der Waals surface area contributed by atoms with Crippen molar-refractivity contribution in [3.63, 3.8) is 0 Å². The predicted octanol–water partition coefficient (Wildman–Crippen LogP) is 1.89. The molecule has 5 nitrogen and oxygen atoms in total. The Morgan fingerprint density at radius 3 is 3.07 bits per heavy atom. The Morgan fingerprint density at radius 2 is 2.47 bits per heavy atom. The summed E-state index contributed by atoms with van der Waals surface area (Å²) in [7, 11) is 0. The Morgan fingerprint density at radius 1 is 1.67 bits per heavy atom. The van der Waals surface area contributed by atoms with Gasteiger partial charge in [0.25, 0.3) is 0 Å². The van der Waals surface area contributed by atoms with Gasteiger partial charge in [0.2, 0.25) is 0 Å². The molecule has 0 saturated heterocycles. The summed E-state index contributed by atoms with van der Waals surface area (Å²) < 4.78 is 5.43. The highest BCUT2D eigenvalue weighted by Gasteiger charge is 2.29. The van der Waals surface area contributed by atoms with Gasteiger partial charge in [-0.05, 0) is 26.2 Å². The number of carboxylic acid groups (broad SMARTS) is 1. The maximum absolute atomic E-state index is 10.5. The molecule has 0 radical (unpaired) electrons. The second-order valence-electron chi connectivity index (χ2n) is 3.97. The van der Waals surface area contributed by atoms with Gasteiger partial charge in [0, 0.05) is 12.0 Å². The van der Waals surface area contributed by atoms with E-state index < -0.39 is 6.09 Å². The van der Waals surface area contributed by atoms with Crippen LogP contribution in [0.5, 0.6) is 0 Å². The van der Waals surface area contributed by atoms with Gasteiger partial charge >= 0.3 is 6.09 Å². The minimum atomic E-state index is -0.954. The first-order chi connectivity index (χ1) is 7.15. The van der Waals surface area contributed by atoms with Crippen LogP contribution in [-0.4, -0.2) is 22.2 Å². The number of nitrogens with zero attached hydrogens (tertiary/aromatic N) is 1. The topological polar surface area (TPSA) is 75.4 Å². The molecule has 2 rings (SSSR count). The van der Waals surface area contributed by atoms with Crippen LogP contribution >= 0.6 is 0 Å².